The summed E-state index contributed by atoms with van der Waals surface area (Å²) in [6, 6.07) is 9.62. The number of likely N-dealkylation sites (tertiary alicyclic amines) is 1. The molecule has 2 aromatic carbocycles. The van der Waals surface area contributed by atoms with E-state index in [-0.39, 0.29) is 40.3 Å². The summed E-state index contributed by atoms with van der Waals surface area (Å²) in [6.07, 6.45) is 5.09. The van der Waals surface area contributed by atoms with Gasteiger partial charge in [0.25, 0.3) is 0 Å². The first kappa shape index (κ1) is 25.4. The van der Waals surface area contributed by atoms with Crippen LogP contribution >= 0.6 is 0 Å². The molecule has 3 aromatic rings. The number of amides is 1. The highest BCUT2D eigenvalue weighted by Gasteiger charge is 2.32. The largest absolute Gasteiger partial charge is 0.383 e. The second-order valence-corrected chi connectivity index (χ2v) is 9.62. The molecule has 2 aliphatic heterocycles. The molecule has 1 saturated heterocycles. The average Bonchev–Trinajstić information content (AvgIpc) is 3.31. The number of ketones is 1. The molecule has 2 N–H and O–H groups in total. The highest BCUT2D eigenvalue weighted by molar-refractivity contribution is 6.17. The van der Waals surface area contributed by atoms with E-state index in [2.05, 4.69) is 21.5 Å². The smallest absolute Gasteiger partial charge is 0.245 e. The number of hydrogen-bond donors (Lipinski definition) is 1. The molecule has 0 bridgehead atoms. The predicted molar refractivity (Wildman–Crippen MR) is 140 cm³/mol. The van der Waals surface area contributed by atoms with Crippen molar-refractivity contribution in [3.8, 4) is 0 Å². The SMILES string of the molecule is C=CC(=O)N1CC[C@@H](CC2CCN=C(c3ccc(C(=O)c4ccccc4F)cc3F)c3c(N)ncnc32)C1. The zero-order valence-corrected chi connectivity index (χ0v) is 20.7. The lowest BCUT2D eigenvalue weighted by Gasteiger charge is -2.21. The van der Waals surface area contributed by atoms with Gasteiger partial charge in [-0.05, 0) is 55.5 Å². The zero-order chi connectivity index (χ0) is 26.8. The lowest BCUT2D eigenvalue weighted by molar-refractivity contribution is -0.125. The van der Waals surface area contributed by atoms with Crippen LogP contribution in [0.2, 0.25) is 0 Å². The molecular weight excluding hydrogens is 488 g/mol. The van der Waals surface area contributed by atoms with Gasteiger partial charge in [0.15, 0.2) is 5.78 Å². The van der Waals surface area contributed by atoms with E-state index >= 15 is 4.39 Å². The molecule has 1 fully saturated rings. The van der Waals surface area contributed by atoms with E-state index < -0.39 is 17.4 Å². The van der Waals surface area contributed by atoms with Gasteiger partial charge in [0, 0.05) is 36.7 Å². The molecule has 3 heterocycles. The Kier molecular flexibility index (Phi) is 7.09. The van der Waals surface area contributed by atoms with Crippen LogP contribution < -0.4 is 5.73 Å². The predicted octanol–water partition coefficient (Wildman–Crippen LogP) is 4.32. The fourth-order valence-electron chi connectivity index (χ4n) is 5.37. The van der Waals surface area contributed by atoms with Gasteiger partial charge in [0.1, 0.15) is 23.8 Å². The summed E-state index contributed by atoms with van der Waals surface area (Å²) in [4.78, 5) is 40.0. The summed E-state index contributed by atoms with van der Waals surface area (Å²) in [5, 5.41) is 0. The van der Waals surface area contributed by atoms with Crippen LogP contribution in [0.5, 0.6) is 0 Å². The number of nitrogen functional groups attached to an aromatic ring is 1. The maximum absolute atomic E-state index is 15.5. The second kappa shape index (κ2) is 10.6. The first-order valence-electron chi connectivity index (χ1n) is 12.5. The number of nitrogens with two attached hydrogens (primary N) is 1. The zero-order valence-electron chi connectivity index (χ0n) is 20.7. The van der Waals surface area contributed by atoms with Crippen molar-refractivity contribution in [1.82, 2.24) is 14.9 Å². The highest BCUT2D eigenvalue weighted by atomic mass is 19.1. The number of fused-ring (bicyclic) bond motifs is 1. The third kappa shape index (κ3) is 4.83. The molecule has 5 rings (SSSR count). The molecule has 2 aliphatic rings. The Morgan fingerprint density at radius 2 is 1.92 bits per heavy atom. The van der Waals surface area contributed by atoms with Crippen LogP contribution in [0.1, 0.15) is 57.9 Å². The lowest BCUT2D eigenvalue weighted by atomic mass is 9.86. The number of anilines is 1. The standard InChI is InChI=1S/C29H27F2N5O2/c1-2-24(37)36-12-10-17(15-36)13-18-9-11-33-27(25-26(18)34-16-35-29(25)32)20-8-7-19(14-23(20)31)28(38)21-5-3-4-6-22(21)30/h2-8,14,16-18H,1,9-13,15H2,(H2,32,34,35)/t17-,18?/m0/s1. The van der Waals surface area contributed by atoms with E-state index in [0.717, 1.165) is 18.9 Å². The van der Waals surface area contributed by atoms with Gasteiger partial charge in [-0.3, -0.25) is 14.6 Å². The number of aromatic nitrogens is 2. The van der Waals surface area contributed by atoms with E-state index in [0.29, 0.717) is 43.0 Å². The van der Waals surface area contributed by atoms with E-state index in [4.69, 9.17) is 5.73 Å². The van der Waals surface area contributed by atoms with Crippen LogP contribution in [0.3, 0.4) is 0 Å². The number of rotatable bonds is 6. The van der Waals surface area contributed by atoms with Gasteiger partial charge in [-0.1, -0.05) is 24.8 Å². The Labute approximate surface area is 219 Å². The van der Waals surface area contributed by atoms with Crippen LogP contribution in [0.25, 0.3) is 0 Å². The summed E-state index contributed by atoms with van der Waals surface area (Å²) in [5.74, 6) is -1.53. The molecule has 1 aromatic heterocycles. The molecule has 0 saturated carbocycles. The Hall–Kier alpha value is -4.27. The molecule has 0 aliphatic carbocycles. The van der Waals surface area contributed by atoms with Crippen molar-refractivity contribution < 1.29 is 18.4 Å². The van der Waals surface area contributed by atoms with Gasteiger partial charge < -0.3 is 10.6 Å². The molecule has 194 valence electrons. The third-order valence-electron chi connectivity index (χ3n) is 7.27. The van der Waals surface area contributed by atoms with Crippen LogP contribution in [-0.4, -0.2) is 51.9 Å². The number of carbonyl (C=O) groups excluding carboxylic acids is 2. The average molecular weight is 516 g/mol. The molecule has 7 nitrogen and oxygen atoms in total. The van der Waals surface area contributed by atoms with Gasteiger partial charge in [-0.2, -0.15) is 0 Å². The quantitative estimate of drug-likeness (QED) is 0.389. The van der Waals surface area contributed by atoms with Gasteiger partial charge >= 0.3 is 0 Å². The van der Waals surface area contributed by atoms with Crippen LogP contribution in [0.4, 0.5) is 14.6 Å². The molecule has 0 spiro atoms. The topological polar surface area (TPSA) is 102 Å². The lowest BCUT2D eigenvalue weighted by Crippen LogP contribution is -2.27. The first-order valence-corrected chi connectivity index (χ1v) is 12.5. The van der Waals surface area contributed by atoms with Crippen molar-refractivity contribution in [2.75, 3.05) is 25.4 Å². The molecule has 9 heteroatoms. The van der Waals surface area contributed by atoms with Crippen LogP contribution in [-0.2, 0) is 4.79 Å². The third-order valence-corrected chi connectivity index (χ3v) is 7.27. The van der Waals surface area contributed by atoms with Crippen LogP contribution in [0, 0.1) is 17.6 Å². The summed E-state index contributed by atoms with van der Waals surface area (Å²) in [5.41, 5.74) is 7.88. The van der Waals surface area contributed by atoms with Crippen molar-refractivity contribution in [2.24, 2.45) is 10.9 Å². The van der Waals surface area contributed by atoms with E-state index in [1.165, 1.54) is 42.7 Å². The Morgan fingerprint density at radius 1 is 1.11 bits per heavy atom. The Bertz CT molecular complexity index is 1450. The second-order valence-electron chi connectivity index (χ2n) is 9.62. The van der Waals surface area contributed by atoms with E-state index in [1.807, 2.05) is 0 Å². The monoisotopic (exact) mass is 515 g/mol. The number of aliphatic imine (C=N–C) groups is 1. The molecule has 0 radical (unpaired) electrons. The van der Waals surface area contributed by atoms with Gasteiger partial charge in [-0.25, -0.2) is 18.7 Å². The maximum atomic E-state index is 15.5. The van der Waals surface area contributed by atoms with Crippen molar-refractivity contribution >= 4 is 23.2 Å². The fourth-order valence-corrected chi connectivity index (χ4v) is 5.37. The minimum absolute atomic E-state index is 0.00491. The maximum Gasteiger partial charge on any atom is 0.245 e. The number of halogens is 2. The van der Waals surface area contributed by atoms with Gasteiger partial charge in [0.2, 0.25) is 5.91 Å². The van der Waals surface area contributed by atoms with Crippen molar-refractivity contribution in [2.45, 2.75) is 25.2 Å². The molecule has 1 amide bonds. The summed E-state index contributed by atoms with van der Waals surface area (Å²) >= 11 is 0. The van der Waals surface area contributed by atoms with Crippen LogP contribution in [0.15, 0.2) is 66.4 Å². The van der Waals surface area contributed by atoms with Crippen molar-refractivity contribution in [3.63, 3.8) is 0 Å². The van der Waals surface area contributed by atoms with Crippen molar-refractivity contribution in [3.05, 3.63) is 101 Å². The summed E-state index contributed by atoms with van der Waals surface area (Å²) < 4.78 is 29.6. The molecule has 1 unspecified atom stereocenters. The minimum Gasteiger partial charge on any atom is -0.383 e. The first-order chi connectivity index (χ1) is 18.4. The molecular formula is C29H27F2N5O2. The number of hydrogen-bond acceptors (Lipinski definition) is 6. The van der Waals surface area contributed by atoms with E-state index in [1.54, 1.807) is 11.0 Å². The van der Waals surface area contributed by atoms with Gasteiger partial charge in [-0.15, -0.1) is 0 Å². The minimum atomic E-state index is -0.673. The fraction of sp³-hybridized carbons (Fsp3) is 0.276. The Morgan fingerprint density at radius 3 is 2.68 bits per heavy atom. The number of carbonyl (C=O) groups is 2. The molecule has 2 atom stereocenters. The molecule has 38 heavy (non-hydrogen) atoms. The van der Waals surface area contributed by atoms with Gasteiger partial charge in [0.05, 0.1) is 22.5 Å². The van der Waals surface area contributed by atoms with E-state index in [9.17, 15) is 14.0 Å². The summed E-state index contributed by atoms with van der Waals surface area (Å²) in [6.45, 7) is 5.33. The number of benzene rings is 2. The highest BCUT2D eigenvalue weighted by Crippen LogP contribution is 2.36. The van der Waals surface area contributed by atoms with Crippen molar-refractivity contribution in [1.29, 1.82) is 0 Å². The summed E-state index contributed by atoms with van der Waals surface area (Å²) in [7, 11) is 0. The normalized spacial score (nSPS) is 18.9. The Balaban J connectivity index is 1.44. The number of nitrogens with zero attached hydrogens (tertiary/aromatic N) is 4.